The maximum atomic E-state index is 11.1. The van der Waals surface area contributed by atoms with Crippen molar-refractivity contribution in [3.63, 3.8) is 0 Å². The van der Waals surface area contributed by atoms with E-state index >= 15 is 0 Å². The summed E-state index contributed by atoms with van der Waals surface area (Å²) in [5.41, 5.74) is 4.41. The van der Waals surface area contributed by atoms with E-state index in [0.29, 0.717) is 33.1 Å². The standard InChI is InChI=1S/C41H44B3N3O6/c1-36(2)37(3,4)49-42(48-36)28-16-13-22-31-23-14-17-29(43-50-38(5,6)39(7,8)51-43)26(20-46)33(23)35(32(22)25(28)19-45)34-24(31)15-18-30(27(34)21-47)44-52-40(9,10)41(11,12)53-44/h13-18,31,35H,1-12H3. The number of benzene rings is 3. The van der Waals surface area contributed by atoms with E-state index in [9.17, 15) is 15.8 Å². The van der Waals surface area contributed by atoms with Gasteiger partial charge in [-0.25, -0.2) is 0 Å². The lowest BCUT2D eigenvalue weighted by atomic mass is 9.55. The molecule has 0 saturated carbocycles. The van der Waals surface area contributed by atoms with Crippen LogP contribution in [-0.4, -0.2) is 55.0 Å². The number of nitriles is 3. The molecule has 3 aliphatic carbocycles. The second-order valence-corrected chi connectivity index (χ2v) is 18.1. The second kappa shape index (κ2) is 11.1. The quantitative estimate of drug-likeness (QED) is 0.233. The molecule has 0 spiro atoms. The summed E-state index contributed by atoms with van der Waals surface area (Å²) >= 11 is 0. The van der Waals surface area contributed by atoms with Gasteiger partial charge in [0.05, 0.1) is 68.5 Å². The highest BCUT2D eigenvalue weighted by Crippen LogP contribution is 2.58. The first kappa shape index (κ1) is 36.1. The normalized spacial score (nSPS) is 25.6. The van der Waals surface area contributed by atoms with Gasteiger partial charge in [-0.2, -0.15) is 15.8 Å². The van der Waals surface area contributed by atoms with E-state index in [-0.39, 0.29) is 5.92 Å². The SMILES string of the molecule is CC1(C)OB(c2ccc3c(c2C#N)C2c4c(ccc(B5OC(C)(C)C(C)(C)O5)c4C#N)C3c3ccc(B4OC(C)(C)C(C)(C)O4)c(C#N)c32)OC1(C)C. The molecule has 3 heterocycles. The van der Waals surface area contributed by atoms with Gasteiger partial charge in [0.1, 0.15) is 0 Å². The molecule has 3 aromatic rings. The zero-order valence-electron chi connectivity index (χ0n) is 32.6. The molecule has 0 aromatic heterocycles. The lowest BCUT2D eigenvalue weighted by molar-refractivity contribution is 0.00578. The summed E-state index contributed by atoms with van der Waals surface area (Å²) < 4.78 is 39.0. The van der Waals surface area contributed by atoms with Crippen LogP contribution in [0.4, 0.5) is 0 Å². The van der Waals surface area contributed by atoms with Crippen LogP contribution in [0.5, 0.6) is 0 Å². The average Bonchev–Trinajstić information content (AvgIpc) is 3.54. The van der Waals surface area contributed by atoms with Crippen LogP contribution in [-0.2, 0) is 27.9 Å². The molecule has 0 N–H and O–H groups in total. The van der Waals surface area contributed by atoms with Crippen LogP contribution in [0, 0.1) is 34.0 Å². The van der Waals surface area contributed by atoms with E-state index in [1.807, 2.05) is 101 Å². The first-order valence-electron chi connectivity index (χ1n) is 18.4. The Hall–Kier alpha value is -3.92. The van der Waals surface area contributed by atoms with Crippen LogP contribution in [0.2, 0.25) is 0 Å². The summed E-state index contributed by atoms with van der Waals surface area (Å²) in [5, 5.41) is 33.3. The summed E-state index contributed by atoms with van der Waals surface area (Å²) in [6.07, 6.45) is 0. The van der Waals surface area contributed by atoms with Gasteiger partial charge in [0.2, 0.25) is 0 Å². The molecule has 0 radical (unpaired) electrons. The monoisotopic (exact) mass is 707 g/mol. The van der Waals surface area contributed by atoms with Crippen LogP contribution in [0.15, 0.2) is 36.4 Å². The highest BCUT2D eigenvalue weighted by Gasteiger charge is 2.57. The topological polar surface area (TPSA) is 127 Å². The molecule has 9 nitrogen and oxygen atoms in total. The lowest BCUT2D eigenvalue weighted by Gasteiger charge is -2.44. The highest BCUT2D eigenvalue weighted by molar-refractivity contribution is 6.64. The molecule has 0 atom stereocenters. The summed E-state index contributed by atoms with van der Waals surface area (Å²) in [5.74, 6) is -1.02. The zero-order valence-corrected chi connectivity index (χ0v) is 32.6. The predicted molar refractivity (Wildman–Crippen MR) is 203 cm³/mol. The zero-order chi connectivity index (χ0) is 38.4. The largest absolute Gasteiger partial charge is 0.496 e. The summed E-state index contributed by atoms with van der Waals surface area (Å²) in [6.45, 7) is 23.8. The van der Waals surface area contributed by atoms with Gasteiger partial charge >= 0.3 is 21.4 Å². The lowest BCUT2D eigenvalue weighted by Crippen LogP contribution is -2.43. The third-order valence-corrected chi connectivity index (χ3v) is 13.6. The van der Waals surface area contributed by atoms with Gasteiger partial charge in [-0.15, -0.1) is 0 Å². The van der Waals surface area contributed by atoms with Crippen LogP contribution < -0.4 is 16.4 Å². The molecule has 0 amide bonds. The Bertz CT molecular complexity index is 1960. The van der Waals surface area contributed by atoms with Gasteiger partial charge in [-0.05, 0) is 116 Å². The number of hydrogen-bond donors (Lipinski definition) is 0. The molecule has 3 saturated heterocycles. The molecule has 6 aliphatic rings. The summed E-state index contributed by atoms with van der Waals surface area (Å²) in [4.78, 5) is 0. The van der Waals surface area contributed by atoms with Gasteiger partial charge in [0.25, 0.3) is 0 Å². The Morgan fingerprint density at radius 2 is 0.623 bits per heavy atom. The van der Waals surface area contributed by atoms with Crippen molar-refractivity contribution >= 4 is 37.7 Å². The molecule has 12 heteroatoms. The van der Waals surface area contributed by atoms with E-state index < -0.39 is 60.9 Å². The molecule has 3 aliphatic heterocycles. The number of rotatable bonds is 3. The first-order chi connectivity index (χ1) is 24.6. The maximum absolute atomic E-state index is 11.1. The minimum Gasteiger partial charge on any atom is -0.399 e. The highest BCUT2D eigenvalue weighted by atomic mass is 16.7. The Labute approximate surface area is 313 Å². The predicted octanol–water partition coefficient (Wildman–Crippen LogP) is 5.19. The van der Waals surface area contributed by atoms with Crippen molar-refractivity contribution in [3.05, 3.63) is 86.5 Å². The van der Waals surface area contributed by atoms with Crippen molar-refractivity contribution in [3.8, 4) is 18.2 Å². The molecule has 3 fully saturated rings. The Kier molecular flexibility index (Phi) is 7.54. The van der Waals surface area contributed by atoms with Crippen molar-refractivity contribution < 1.29 is 27.9 Å². The third-order valence-electron chi connectivity index (χ3n) is 13.6. The van der Waals surface area contributed by atoms with Gasteiger partial charge < -0.3 is 27.9 Å². The third kappa shape index (κ3) is 4.79. The van der Waals surface area contributed by atoms with E-state index in [1.165, 1.54) is 0 Å². The first-order valence-corrected chi connectivity index (χ1v) is 18.4. The van der Waals surface area contributed by atoms with Crippen molar-refractivity contribution in [1.82, 2.24) is 0 Å². The van der Waals surface area contributed by atoms with E-state index in [1.54, 1.807) is 0 Å². The van der Waals surface area contributed by atoms with Crippen LogP contribution in [0.3, 0.4) is 0 Å². The van der Waals surface area contributed by atoms with Gasteiger partial charge in [0.15, 0.2) is 0 Å². The van der Waals surface area contributed by atoms with Gasteiger partial charge in [-0.3, -0.25) is 0 Å². The van der Waals surface area contributed by atoms with Crippen LogP contribution in [0.25, 0.3) is 0 Å². The number of hydrogen-bond acceptors (Lipinski definition) is 9. The minimum absolute atomic E-state index is 0.363. The Balaban J connectivity index is 1.40. The van der Waals surface area contributed by atoms with Crippen LogP contribution in [0.1, 0.15) is 145 Å². The molecule has 3 aromatic carbocycles. The van der Waals surface area contributed by atoms with Gasteiger partial charge in [-0.1, -0.05) is 36.4 Å². The van der Waals surface area contributed by atoms with Crippen LogP contribution >= 0.6 is 0 Å². The molecule has 9 rings (SSSR count). The Morgan fingerprint density at radius 1 is 0.396 bits per heavy atom. The summed E-state index contributed by atoms with van der Waals surface area (Å²) in [6, 6.07) is 19.6. The molecule has 268 valence electrons. The molecule has 53 heavy (non-hydrogen) atoms. The molecule has 0 unspecified atom stereocenters. The fourth-order valence-corrected chi connectivity index (χ4v) is 8.45. The van der Waals surface area contributed by atoms with E-state index in [4.69, 9.17) is 27.9 Å². The van der Waals surface area contributed by atoms with Crippen molar-refractivity contribution in [2.45, 2.75) is 129 Å². The van der Waals surface area contributed by atoms with Crippen molar-refractivity contribution in [1.29, 1.82) is 15.8 Å². The van der Waals surface area contributed by atoms with Gasteiger partial charge in [0, 0.05) is 28.2 Å². The van der Waals surface area contributed by atoms with Crippen molar-refractivity contribution in [2.24, 2.45) is 0 Å². The fourth-order valence-electron chi connectivity index (χ4n) is 8.45. The van der Waals surface area contributed by atoms with Crippen molar-refractivity contribution in [2.75, 3.05) is 0 Å². The molecular weight excluding hydrogens is 663 g/mol. The second-order valence-electron chi connectivity index (χ2n) is 18.1. The Morgan fingerprint density at radius 3 is 0.830 bits per heavy atom. The smallest absolute Gasteiger partial charge is 0.399 e. The minimum atomic E-state index is -0.794. The molecule has 2 bridgehead atoms. The summed E-state index contributed by atoms with van der Waals surface area (Å²) in [7, 11) is -2.38. The van der Waals surface area contributed by atoms with E-state index in [2.05, 4.69) is 36.4 Å². The average molecular weight is 707 g/mol. The fraction of sp³-hybridized carbons (Fsp3) is 0.488. The number of nitrogens with zero attached hydrogens (tertiary/aromatic N) is 3. The maximum Gasteiger partial charge on any atom is 0.496 e. The molecular formula is C41H44B3N3O6. The van der Waals surface area contributed by atoms with E-state index in [0.717, 1.165) is 33.4 Å².